The third-order valence-electron chi connectivity index (χ3n) is 6.78. The van der Waals surface area contributed by atoms with Crippen LogP contribution in [0.25, 0.3) is 16.7 Å². The Morgan fingerprint density at radius 2 is 1.73 bits per heavy atom. The van der Waals surface area contributed by atoms with E-state index in [0.717, 1.165) is 16.8 Å². The lowest BCUT2D eigenvalue weighted by molar-refractivity contribution is -0.384. The normalized spacial score (nSPS) is 13.4. The Hall–Kier alpha value is -4.42. The fourth-order valence-electron chi connectivity index (χ4n) is 4.52. The van der Waals surface area contributed by atoms with Gasteiger partial charge in [-0.15, -0.1) is 10.2 Å². The fourth-order valence-corrected chi connectivity index (χ4v) is 4.72. The summed E-state index contributed by atoms with van der Waals surface area (Å²) in [6.45, 7) is 8.26. The van der Waals surface area contributed by atoms with E-state index in [1.54, 1.807) is 16.9 Å². The zero-order valence-corrected chi connectivity index (χ0v) is 23.2. The molecule has 2 N–H and O–H groups in total. The van der Waals surface area contributed by atoms with Crippen molar-refractivity contribution in [2.75, 3.05) is 36.5 Å². The summed E-state index contributed by atoms with van der Waals surface area (Å²) in [5.41, 5.74) is 5.43. The summed E-state index contributed by atoms with van der Waals surface area (Å²) in [6.07, 6.45) is 0. The summed E-state index contributed by atoms with van der Waals surface area (Å²) in [5.74, 6) is -0.118. The molecule has 0 aliphatic carbocycles. The van der Waals surface area contributed by atoms with Crippen molar-refractivity contribution >= 4 is 51.3 Å². The number of aryl methyl sites for hydroxylation is 1. The molecule has 1 aromatic heterocycles. The number of nitro groups is 1. The zero-order valence-electron chi connectivity index (χ0n) is 22.4. The number of benzene rings is 3. The Kier molecular flexibility index (Phi) is 7.71. The average Bonchev–Trinajstić information content (AvgIpc) is 3.36. The second-order valence-corrected chi connectivity index (χ2v) is 10.3. The molecule has 0 bridgehead atoms. The maximum atomic E-state index is 12.9. The van der Waals surface area contributed by atoms with Crippen LogP contribution in [0, 0.1) is 17.0 Å². The van der Waals surface area contributed by atoms with Crippen LogP contribution in [0.2, 0.25) is 0 Å². The third kappa shape index (κ3) is 5.77. The first-order chi connectivity index (χ1) is 19.2. The van der Waals surface area contributed by atoms with Crippen LogP contribution >= 0.6 is 12.2 Å². The van der Waals surface area contributed by atoms with E-state index in [1.807, 2.05) is 36.1 Å². The summed E-state index contributed by atoms with van der Waals surface area (Å²) in [5, 5.41) is 26.7. The summed E-state index contributed by atoms with van der Waals surface area (Å²) in [4.78, 5) is 27.6. The maximum Gasteiger partial charge on any atom is 0.293 e. The van der Waals surface area contributed by atoms with E-state index in [0.29, 0.717) is 49.1 Å². The number of aromatic nitrogens is 3. The monoisotopic (exact) mass is 559 g/mol. The van der Waals surface area contributed by atoms with Gasteiger partial charge < -0.3 is 15.0 Å². The molecule has 12 heteroatoms. The molecule has 1 fully saturated rings. The van der Waals surface area contributed by atoms with Crippen LogP contribution in [0.3, 0.4) is 0 Å². The Bertz CT molecular complexity index is 1590. The Labute approximate surface area is 236 Å². The maximum absolute atomic E-state index is 12.9. The summed E-state index contributed by atoms with van der Waals surface area (Å²) in [6, 6.07) is 16.2. The second-order valence-electron chi connectivity index (χ2n) is 9.86. The minimum atomic E-state index is -0.552. The number of fused-ring (bicyclic) bond motifs is 1. The standard InChI is InChI=1S/C28H29N7O4S/c1-17(2)19-4-7-21(8-5-19)34-31-23-14-18(3)22(16-24(23)32-34)29-28(40)30-27(36)20-6-9-25(26(15-20)35(37)38)33-10-12-39-13-11-33/h4-9,14-17H,10-13H2,1-3H3,(H2,29,30,36,40). The smallest absolute Gasteiger partial charge is 0.293 e. The molecule has 11 nitrogen and oxygen atoms in total. The SMILES string of the molecule is Cc1cc2nn(-c3ccc(C(C)C)cc3)nc2cc1NC(=S)NC(=O)c1ccc(N2CCOCC2)c([N+](=O)[O-])c1. The minimum absolute atomic E-state index is 0.0593. The number of anilines is 2. The highest BCUT2D eigenvalue weighted by Gasteiger charge is 2.23. The van der Waals surface area contributed by atoms with Crippen LogP contribution < -0.4 is 15.5 Å². The number of rotatable bonds is 6. The van der Waals surface area contributed by atoms with Gasteiger partial charge in [0.25, 0.3) is 11.6 Å². The Morgan fingerprint density at radius 1 is 1.05 bits per heavy atom. The predicted octanol–water partition coefficient (Wildman–Crippen LogP) is 4.72. The minimum Gasteiger partial charge on any atom is -0.378 e. The Morgan fingerprint density at radius 3 is 2.38 bits per heavy atom. The van der Waals surface area contributed by atoms with Crippen molar-refractivity contribution < 1.29 is 14.5 Å². The van der Waals surface area contributed by atoms with Gasteiger partial charge in [-0.2, -0.15) is 4.80 Å². The lowest BCUT2D eigenvalue weighted by Gasteiger charge is -2.28. The first-order valence-corrected chi connectivity index (χ1v) is 13.3. The van der Waals surface area contributed by atoms with Crippen molar-refractivity contribution in [2.45, 2.75) is 26.7 Å². The number of carbonyl (C=O) groups is 1. The van der Waals surface area contributed by atoms with E-state index in [1.165, 1.54) is 11.6 Å². The number of morpholine rings is 1. The molecule has 1 aliphatic heterocycles. The van der Waals surface area contributed by atoms with Gasteiger partial charge >= 0.3 is 0 Å². The zero-order chi connectivity index (χ0) is 28.4. The van der Waals surface area contributed by atoms with Crippen molar-refractivity contribution in [1.29, 1.82) is 0 Å². The lowest BCUT2D eigenvalue weighted by atomic mass is 10.0. The van der Waals surface area contributed by atoms with E-state index in [9.17, 15) is 14.9 Å². The summed E-state index contributed by atoms with van der Waals surface area (Å²) >= 11 is 5.38. The first-order valence-electron chi connectivity index (χ1n) is 12.9. The number of carbonyl (C=O) groups excluding carboxylic acids is 1. The highest BCUT2D eigenvalue weighted by atomic mass is 32.1. The number of ether oxygens (including phenoxy) is 1. The summed E-state index contributed by atoms with van der Waals surface area (Å²) < 4.78 is 5.33. The van der Waals surface area contributed by atoms with Gasteiger partial charge in [-0.1, -0.05) is 26.0 Å². The molecule has 0 radical (unpaired) electrons. The van der Waals surface area contributed by atoms with Crippen molar-refractivity contribution in [2.24, 2.45) is 0 Å². The molecule has 0 atom stereocenters. The largest absolute Gasteiger partial charge is 0.378 e. The molecule has 2 heterocycles. The van der Waals surface area contributed by atoms with Gasteiger partial charge in [0.2, 0.25) is 0 Å². The van der Waals surface area contributed by atoms with Gasteiger partial charge in [-0.25, -0.2) is 0 Å². The van der Waals surface area contributed by atoms with Gasteiger partial charge in [0.05, 0.1) is 23.8 Å². The average molecular weight is 560 g/mol. The van der Waals surface area contributed by atoms with Crippen molar-refractivity contribution in [3.63, 3.8) is 0 Å². The second kappa shape index (κ2) is 11.4. The molecule has 0 unspecified atom stereocenters. The van der Waals surface area contributed by atoms with Crippen LogP contribution in [0.1, 0.15) is 41.3 Å². The van der Waals surface area contributed by atoms with Crippen LogP contribution in [0.4, 0.5) is 17.1 Å². The molecule has 206 valence electrons. The van der Waals surface area contributed by atoms with Crippen LogP contribution in [0.5, 0.6) is 0 Å². The van der Waals surface area contributed by atoms with Crippen molar-refractivity contribution in [3.8, 4) is 5.69 Å². The predicted molar refractivity (Wildman–Crippen MR) is 158 cm³/mol. The third-order valence-corrected chi connectivity index (χ3v) is 6.98. The van der Waals surface area contributed by atoms with Crippen LogP contribution in [0.15, 0.2) is 54.6 Å². The molecule has 5 rings (SSSR count). The van der Waals surface area contributed by atoms with E-state index in [-0.39, 0.29) is 16.4 Å². The van der Waals surface area contributed by atoms with Crippen molar-refractivity contribution in [1.82, 2.24) is 20.3 Å². The molecule has 0 spiro atoms. The molecule has 1 amide bonds. The highest BCUT2D eigenvalue weighted by molar-refractivity contribution is 7.80. The fraction of sp³-hybridized carbons (Fsp3) is 0.286. The molecule has 1 saturated heterocycles. The van der Waals surface area contributed by atoms with E-state index in [4.69, 9.17) is 17.0 Å². The molecule has 1 aliphatic rings. The molecular weight excluding hydrogens is 530 g/mol. The number of nitro benzene ring substituents is 1. The number of hydrogen-bond donors (Lipinski definition) is 2. The Balaban J connectivity index is 1.30. The molecule has 0 saturated carbocycles. The van der Waals surface area contributed by atoms with E-state index >= 15 is 0 Å². The number of hydrogen-bond acceptors (Lipinski definition) is 8. The number of amides is 1. The van der Waals surface area contributed by atoms with Crippen LogP contribution in [-0.2, 0) is 4.74 Å². The molecule has 40 heavy (non-hydrogen) atoms. The molecule has 3 aromatic carbocycles. The number of nitrogens with zero attached hydrogens (tertiary/aromatic N) is 5. The van der Waals surface area contributed by atoms with Crippen LogP contribution in [-0.4, -0.2) is 57.2 Å². The molecule has 4 aromatic rings. The lowest BCUT2D eigenvalue weighted by Crippen LogP contribution is -2.37. The first kappa shape index (κ1) is 27.2. The topological polar surface area (TPSA) is 127 Å². The van der Waals surface area contributed by atoms with Gasteiger partial charge in [-0.05, 0) is 72.6 Å². The van der Waals surface area contributed by atoms with E-state index < -0.39 is 10.8 Å². The quantitative estimate of drug-likeness (QED) is 0.196. The van der Waals surface area contributed by atoms with Gasteiger partial charge in [0.15, 0.2) is 5.11 Å². The molecular formula is C28H29N7O4S. The van der Waals surface area contributed by atoms with Gasteiger partial charge in [0.1, 0.15) is 16.7 Å². The van der Waals surface area contributed by atoms with Crippen molar-refractivity contribution in [3.05, 3.63) is 81.4 Å². The van der Waals surface area contributed by atoms with Gasteiger partial charge in [-0.3, -0.25) is 20.2 Å². The summed E-state index contributed by atoms with van der Waals surface area (Å²) in [7, 11) is 0. The highest BCUT2D eigenvalue weighted by Crippen LogP contribution is 2.30. The number of thiocarbonyl (C=S) groups is 1. The van der Waals surface area contributed by atoms with Gasteiger partial charge in [0, 0.05) is 30.4 Å². The van der Waals surface area contributed by atoms with E-state index in [2.05, 4.69) is 46.8 Å². The number of nitrogens with one attached hydrogen (secondary N) is 2.